The number of hydrogen-bond acceptors (Lipinski definition) is 3. The third-order valence-electron chi connectivity index (χ3n) is 3.92. The summed E-state index contributed by atoms with van der Waals surface area (Å²) in [6.07, 6.45) is 26.2. The SMILES string of the molecule is CCCCC/C=C\CC=C/C=C/[C@@H](C/C=C\CCCCCC(=O)O)OO. The van der Waals surface area contributed by atoms with Crippen molar-refractivity contribution in [1.29, 1.82) is 0 Å². The minimum absolute atomic E-state index is 0.247. The summed E-state index contributed by atoms with van der Waals surface area (Å²) in [5, 5.41) is 17.5. The van der Waals surface area contributed by atoms with Crippen LogP contribution in [0.1, 0.15) is 77.6 Å². The van der Waals surface area contributed by atoms with Gasteiger partial charge in [0.1, 0.15) is 6.10 Å². The number of rotatable bonds is 17. The van der Waals surface area contributed by atoms with Gasteiger partial charge in [-0.05, 0) is 44.9 Å². The van der Waals surface area contributed by atoms with Crippen LogP contribution in [0.5, 0.6) is 0 Å². The number of carboxylic acid groups (broad SMARTS) is 1. The normalized spacial score (nSPS) is 13.6. The van der Waals surface area contributed by atoms with Crippen LogP contribution in [-0.4, -0.2) is 22.4 Å². The van der Waals surface area contributed by atoms with Crippen molar-refractivity contribution in [3.8, 4) is 0 Å². The van der Waals surface area contributed by atoms with Crippen molar-refractivity contribution < 1.29 is 20.0 Å². The van der Waals surface area contributed by atoms with Crippen LogP contribution in [0.15, 0.2) is 48.6 Å². The lowest BCUT2D eigenvalue weighted by atomic mass is 10.1. The highest BCUT2D eigenvalue weighted by Gasteiger charge is 2.00. The molecule has 0 aromatic heterocycles. The van der Waals surface area contributed by atoms with E-state index >= 15 is 0 Å². The third kappa shape index (κ3) is 18.7. The van der Waals surface area contributed by atoms with E-state index in [4.69, 9.17) is 10.4 Å². The van der Waals surface area contributed by atoms with Crippen molar-refractivity contribution in [2.24, 2.45) is 0 Å². The summed E-state index contributed by atoms with van der Waals surface area (Å²) >= 11 is 0. The van der Waals surface area contributed by atoms with Crippen LogP contribution in [0.2, 0.25) is 0 Å². The number of carbonyl (C=O) groups is 1. The van der Waals surface area contributed by atoms with Gasteiger partial charge in [-0.25, -0.2) is 4.89 Å². The van der Waals surface area contributed by atoms with Crippen LogP contribution < -0.4 is 0 Å². The zero-order valence-electron chi connectivity index (χ0n) is 16.2. The van der Waals surface area contributed by atoms with Gasteiger partial charge in [-0.2, -0.15) is 0 Å². The Balaban J connectivity index is 3.76. The van der Waals surface area contributed by atoms with E-state index in [1.54, 1.807) is 0 Å². The average Bonchev–Trinajstić information content (AvgIpc) is 2.63. The fraction of sp³-hybridized carbons (Fsp3) is 0.591. The van der Waals surface area contributed by atoms with Crippen LogP contribution in [0.25, 0.3) is 0 Å². The summed E-state index contributed by atoms with van der Waals surface area (Å²) in [6, 6.07) is 0. The molecule has 4 nitrogen and oxygen atoms in total. The number of unbranched alkanes of at least 4 members (excludes halogenated alkanes) is 6. The van der Waals surface area contributed by atoms with Crippen LogP contribution in [0.4, 0.5) is 0 Å². The monoisotopic (exact) mass is 364 g/mol. The molecule has 0 saturated carbocycles. The molecular formula is C22H36O4. The summed E-state index contributed by atoms with van der Waals surface area (Å²) in [5.74, 6) is -0.729. The lowest BCUT2D eigenvalue weighted by molar-refractivity contribution is -0.264. The van der Waals surface area contributed by atoms with Gasteiger partial charge in [-0.15, -0.1) is 0 Å². The van der Waals surface area contributed by atoms with Gasteiger partial charge in [-0.3, -0.25) is 10.1 Å². The second-order valence-electron chi connectivity index (χ2n) is 6.36. The number of allylic oxidation sites excluding steroid dienone is 6. The molecule has 4 heteroatoms. The quantitative estimate of drug-likeness (QED) is 0.102. The molecule has 0 fully saturated rings. The summed E-state index contributed by atoms with van der Waals surface area (Å²) in [4.78, 5) is 14.8. The van der Waals surface area contributed by atoms with E-state index in [1.165, 1.54) is 19.3 Å². The van der Waals surface area contributed by atoms with Gasteiger partial charge in [0.05, 0.1) is 0 Å². The summed E-state index contributed by atoms with van der Waals surface area (Å²) in [5.41, 5.74) is 0. The molecule has 2 N–H and O–H groups in total. The van der Waals surface area contributed by atoms with Gasteiger partial charge >= 0.3 is 5.97 Å². The minimum atomic E-state index is -0.729. The largest absolute Gasteiger partial charge is 0.481 e. The van der Waals surface area contributed by atoms with E-state index in [0.29, 0.717) is 6.42 Å². The summed E-state index contributed by atoms with van der Waals surface area (Å²) in [6.45, 7) is 2.21. The molecule has 0 aromatic carbocycles. The molecule has 148 valence electrons. The van der Waals surface area contributed by atoms with Crippen LogP contribution >= 0.6 is 0 Å². The maximum Gasteiger partial charge on any atom is 0.303 e. The fourth-order valence-corrected chi connectivity index (χ4v) is 2.37. The Morgan fingerprint density at radius 3 is 2.35 bits per heavy atom. The van der Waals surface area contributed by atoms with Crippen molar-refractivity contribution in [3.63, 3.8) is 0 Å². The molecular weight excluding hydrogens is 328 g/mol. The lowest BCUT2D eigenvalue weighted by Gasteiger charge is -2.04. The van der Waals surface area contributed by atoms with Gasteiger partial charge in [0, 0.05) is 6.42 Å². The highest BCUT2D eigenvalue weighted by Crippen LogP contribution is 2.06. The zero-order chi connectivity index (χ0) is 19.3. The number of aliphatic carboxylic acids is 1. The van der Waals surface area contributed by atoms with Gasteiger partial charge in [0.2, 0.25) is 0 Å². The first-order valence-electron chi connectivity index (χ1n) is 9.86. The summed E-state index contributed by atoms with van der Waals surface area (Å²) < 4.78 is 0. The van der Waals surface area contributed by atoms with Crippen LogP contribution in [0, 0.1) is 0 Å². The standard InChI is InChI=1S/C22H36O4/c1-2-3-4-5-6-7-8-9-12-15-18-21(26-25)19-16-13-10-11-14-17-20-22(23)24/h6-7,9,12-13,15-16,18,21,25H,2-5,8,10-11,14,17,19-20H2,1H3,(H,23,24)/b7-6-,12-9?,16-13-,18-15+/t21-/m0/s1. The van der Waals surface area contributed by atoms with Gasteiger partial charge in [0.15, 0.2) is 0 Å². The molecule has 26 heavy (non-hydrogen) atoms. The van der Waals surface area contributed by atoms with Crippen molar-refractivity contribution in [2.75, 3.05) is 0 Å². The molecule has 0 unspecified atom stereocenters. The van der Waals surface area contributed by atoms with Crippen molar-refractivity contribution in [3.05, 3.63) is 48.6 Å². The molecule has 0 saturated heterocycles. The number of hydrogen-bond donors (Lipinski definition) is 2. The third-order valence-corrected chi connectivity index (χ3v) is 3.92. The molecule has 0 aliphatic rings. The van der Waals surface area contributed by atoms with E-state index in [2.05, 4.69) is 36.1 Å². The topological polar surface area (TPSA) is 66.8 Å². The molecule has 0 amide bonds. The average molecular weight is 365 g/mol. The van der Waals surface area contributed by atoms with E-state index in [-0.39, 0.29) is 12.5 Å². The maximum absolute atomic E-state index is 10.4. The Bertz CT molecular complexity index is 435. The fourth-order valence-electron chi connectivity index (χ4n) is 2.37. The molecule has 0 aliphatic heterocycles. The first-order valence-corrected chi connectivity index (χ1v) is 9.86. The van der Waals surface area contributed by atoms with Gasteiger partial charge in [-0.1, -0.05) is 74.8 Å². The predicted octanol–water partition coefficient (Wildman–Crippen LogP) is 6.47. The molecule has 1 atom stereocenters. The van der Waals surface area contributed by atoms with Crippen LogP contribution in [0.3, 0.4) is 0 Å². The van der Waals surface area contributed by atoms with E-state index in [1.807, 2.05) is 24.3 Å². The zero-order valence-corrected chi connectivity index (χ0v) is 16.2. The summed E-state index contributed by atoms with van der Waals surface area (Å²) in [7, 11) is 0. The van der Waals surface area contributed by atoms with E-state index < -0.39 is 5.97 Å². The Hall–Kier alpha value is -1.65. The molecule has 0 rings (SSSR count). The maximum atomic E-state index is 10.4. The second-order valence-corrected chi connectivity index (χ2v) is 6.36. The van der Waals surface area contributed by atoms with Crippen molar-refractivity contribution >= 4 is 5.97 Å². The smallest absolute Gasteiger partial charge is 0.303 e. The van der Waals surface area contributed by atoms with E-state index in [0.717, 1.165) is 38.5 Å². The molecule has 0 heterocycles. The Kier molecular flexibility index (Phi) is 18.4. The first kappa shape index (κ1) is 24.4. The predicted molar refractivity (Wildman–Crippen MR) is 108 cm³/mol. The minimum Gasteiger partial charge on any atom is -0.481 e. The van der Waals surface area contributed by atoms with E-state index in [9.17, 15) is 4.79 Å². The molecule has 0 spiro atoms. The highest BCUT2D eigenvalue weighted by atomic mass is 17.1. The molecule has 0 aromatic rings. The molecule has 0 radical (unpaired) electrons. The van der Waals surface area contributed by atoms with Crippen molar-refractivity contribution in [1.82, 2.24) is 0 Å². The lowest BCUT2D eigenvalue weighted by Crippen LogP contribution is -2.04. The molecule has 0 aliphatic carbocycles. The van der Waals surface area contributed by atoms with Crippen LogP contribution in [-0.2, 0) is 9.68 Å². The number of carboxylic acids is 1. The first-order chi connectivity index (χ1) is 12.7. The Labute approximate surface area is 158 Å². The highest BCUT2D eigenvalue weighted by molar-refractivity contribution is 5.66. The van der Waals surface area contributed by atoms with Gasteiger partial charge in [0.25, 0.3) is 0 Å². The molecule has 0 bridgehead atoms. The Morgan fingerprint density at radius 2 is 1.65 bits per heavy atom. The van der Waals surface area contributed by atoms with Crippen molar-refractivity contribution in [2.45, 2.75) is 83.7 Å². The Morgan fingerprint density at radius 1 is 0.923 bits per heavy atom. The van der Waals surface area contributed by atoms with Gasteiger partial charge < -0.3 is 5.11 Å². The second kappa shape index (κ2) is 19.7.